The summed E-state index contributed by atoms with van der Waals surface area (Å²) in [5.41, 5.74) is 0. The van der Waals surface area contributed by atoms with Crippen molar-refractivity contribution < 1.29 is 8.42 Å². The third-order valence-electron chi connectivity index (χ3n) is 4.32. The standard InChI is InChI=1S/C14H22N4O2S/c1-2-15-14-13(6-3-8-16-14)21(19,20)17-11-7-10-18-9-4-5-12(11)18/h3,6,8,11-12,17H,2,4-5,7,9-10H2,1H3,(H,15,16). The lowest BCUT2D eigenvalue weighted by atomic mass is 10.1. The molecule has 2 atom stereocenters. The molecule has 7 heteroatoms. The molecule has 116 valence electrons. The molecule has 2 aliphatic rings. The van der Waals surface area contributed by atoms with Crippen LogP contribution < -0.4 is 10.0 Å². The maximum absolute atomic E-state index is 12.7. The topological polar surface area (TPSA) is 74.3 Å². The van der Waals surface area contributed by atoms with E-state index in [4.69, 9.17) is 0 Å². The zero-order chi connectivity index (χ0) is 14.9. The molecular formula is C14H22N4O2S. The molecule has 0 aromatic carbocycles. The summed E-state index contributed by atoms with van der Waals surface area (Å²) in [6.07, 6.45) is 4.74. The summed E-state index contributed by atoms with van der Waals surface area (Å²) in [6, 6.07) is 3.65. The third-order valence-corrected chi connectivity index (χ3v) is 5.84. The van der Waals surface area contributed by atoms with E-state index < -0.39 is 10.0 Å². The number of sulfonamides is 1. The van der Waals surface area contributed by atoms with Crippen LogP contribution in [0, 0.1) is 0 Å². The van der Waals surface area contributed by atoms with Crippen molar-refractivity contribution in [1.82, 2.24) is 14.6 Å². The van der Waals surface area contributed by atoms with E-state index in [0.29, 0.717) is 18.4 Å². The van der Waals surface area contributed by atoms with E-state index in [0.717, 1.165) is 25.9 Å². The number of aromatic nitrogens is 1. The molecule has 0 radical (unpaired) electrons. The van der Waals surface area contributed by atoms with Crippen LogP contribution in [0.25, 0.3) is 0 Å². The molecule has 0 amide bonds. The van der Waals surface area contributed by atoms with Gasteiger partial charge in [0.05, 0.1) is 0 Å². The Balaban J connectivity index is 1.81. The fraction of sp³-hybridized carbons (Fsp3) is 0.643. The molecule has 3 rings (SSSR count). The average molecular weight is 310 g/mol. The lowest BCUT2D eigenvalue weighted by Crippen LogP contribution is -2.42. The Morgan fingerprint density at radius 1 is 1.38 bits per heavy atom. The van der Waals surface area contributed by atoms with Crippen LogP contribution in [-0.2, 0) is 10.0 Å². The first-order chi connectivity index (χ1) is 10.1. The van der Waals surface area contributed by atoms with Gasteiger partial charge in [-0.2, -0.15) is 0 Å². The van der Waals surface area contributed by atoms with Gasteiger partial charge in [-0.25, -0.2) is 18.1 Å². The summed E-state index contributed by atoms with van der Waals surface area (Å²) in [7, 11) is -3.54. The monoisotopic (exact) mass is 310 g/mol. The lowest BCUT2D eigenvalue weighted by Gasteiger charge is -2.21. The van der Waals surface area contributed by atoms with Crippen LogP contribution in [0.1, 0.15) is 26.2 Å². The van der Waals surface area contributed by atoms with Gasteiger partial charge in [-0.05, 0) is 44.9 Å². The molecule has 2 unspecified atom stereocenters. The smallest absolute Gasteiger partial charge is 0.244 e. The molecule has 3 heterocycles. The number of fused-ring (bicyclic) bond motifs is 1. The fourth-order valence-corrected chi connectivity index (χ4v) is 4.83. The largest absolute Gasteiger partial charge is 0.369 e. The zero-order valence-electron chi connectivity index (χ0n) is 12.2. The van der Waals surface area contributed by atoms with Gasteiger partial charge in [0.2, 0.25) is 10.0 Å². The van der Waals surface area contributed by atoms with Crippen molar-refractivity contribution in [2.75, 3.05) is 25.0 Å². The second-order valence-corrected chi connectivity index (χ2v) is 7.32. The fourth-order valence-electron chi connectivity index (χ4n) is 3.39. The molecule has 2 fully saturated rings. The summed E-state index contributed by atoms with van der Waals surface area (Å²) < 4.78 is 28.2. The van der Waals surface area contributed by atoms with Gasteiger partial charge in [-0.3, -0.25) is 4.90 Å². The van der Waals surface area contributed by atoms with Gasteiger partial charge in [0, 0.05) is 31.4 Å². The molecule has 2 aliphatic heterocycles. The first kappa shape index (κ1) is 14.7. The van der Waals surface area contributed by atoms with Crippen molar-refractivity contribution in [3.63, 3.8) is 0 Å². The molecule has 0 bridgehead atoms. The summed E-state index contributed by atoms with van der Waals surface area (Å²) in [5, 5.41) is 3.01. The van der Waals surface area contributed by atoms with E-state index in [-0.39, 0.29) is 10.9 Å². The number of hydrogen-bond acceptors (Lipinski definition) is 5. The molecule has 2 N–H and O–H groups in total. The minimum absolute atomic E-state index is 0.0205. The molecule has 1 aromatic heterocycles. The van der Waals surface area contributed by atoms with Crippen LogP contribution in [0.5, 0.6) is 0 Å². The molecule has 0 spiro atoms. The zero-order valence-corrected chi connectivity index (χ0v) is 13.1. The Bertz CT molecular complexity index is 605. The van der Waals surface area contributed by atoms with Crippen LogP contribution >= 0.6 is 0 Å². The summed E-state index contributed by atoms with van der Waals surface area (Å²) >= 11 is 0. The maximum atomic E-state index is 12.7. The highest BCUT2D eigenvalue weighted by atomic mass is 32.2. The third kappa shape index (κ3) is 2.90. The highest BCUT2D eigenvalue weighted by molar-refractivity contribution is 7.89. The van der Waals surface area contributed by atoms with Crippen molar-refractivity contribution in [3.8, 4) is 0 Å². The molecule has 1 aromatic rings. The van der Waals surface area contributed by atoms with E-state index in [1.165, 1.54) is 6.42 Å². The minimum atomic E-state index is -3.54. The summed E-state index contributed by atoms with van der Waals surface area (Å²) in [4.78, 5) is 6.76. The molecule has 2 saturated heterocycles. The minimum Gasteiger partial charge on any atom is -0.369 e. The van der Waals surface area contributed by atoms with E-state index in [9.17, 15) is 8.42 Å². The van der Waals surface area contributed by atoms with Gasteiger partial charge < -0.3 is 5.32 Å². The Kier molecular flexibility index (Phi) is 4.14. The van der Waals surface area contributed by atoms with E-state index in [1.54, 1.807) is 18.3 Å². The number of pyridine rings is 1. The predicted octanol–water partition coefficient (Wildman–Crippen LogP) is 1.03. The number of nitrogens with zero attached hydrogens (tertiary/aromatic N) is 2. The second kappa shape index (κ2) is 5.90. The van der Waals surface area contributed by atoms with Gasteiger partial charge in [0.15, 0.2) is 0 Å². The number of rotatable bonds is 5. The van der Waals surface area contributed by atoms with E-state index >= 15 is 0 Å². The molecule has 6 nitrogen and oxygen atoms in total. The number of nitrogens with one attached hydrogen (secondary N) is 2. The molecule has 21 heavy (non-hydrogen) atoms. The first-order valence-electron chi connectivity index (χ1n) is 7.57. The quantitative estimate of drug-likeness (QED) is 0.849. The SMILES string of the molecule is CCNc1ncccc1S(=O)(=O)NC1CCN2CCCC12. The highest BCUT2D eigenvalue weighted by Crippen LogP contribution is 2.29. The second-order valence-electron chi connectivity index (χ2n) is 5.64. The van der Waals surface area contributed by atoms with Crippen LogP contribution in [0.3, 0.4) is 0 Å². The summed E-state index contributed by atoms with van der Waals surface area (Å²) in [6.45, 7) is 4.65. The maximum Gasteiger partial charge on any atom is 0.244 e. The van der Waals surface area contributed by atoms with E-state index in [2.05, 4.69) is 19.9 Å². The Morgan fingerprint density at radius 2 is 2.24 bits per heavy atom. The van der Waals surface area contributed by atoms with Crippen molar-refractivity contribution >= 4 is 15.8 Å². The molecule has 0 saturated carbocycles. The Labute approximate surface area is 126 Å². The molecular weight excluding hydrogens is 288 g/mol. The first-order valence-corrected chi connectivity index (χ1v) is 9.05. The van der Waals surface area contributed by atoms with Gasteiger partial charge in [0.25, 0.3) is 0 Å². The average Bonchev–Trinajstić information content (AvgIpc) is 3.05. The van der Waals surface area contributed by atoms with Crippen LogP contribution in [-0.4, -0.2) is 50.0 Å². The summed E-state index contributed by atoms with van der Waals surface area (Å²) in [5.74, 6) is 0.425. The Hall–Kier alpha value is -1.18. The van der Waals surface area contributed by atoms with Gasteiger partial charge in [-0.1, -0.05) is 0 Å². The molecule has 0 aliphatic carbocycles. The van der Waals surface area contributed by atoms with Gasteiger partial charge in [-0.15, -0.1) is 0 Å². The highest BCUT2D eigenvalue weighted by Gasteiger charge is 2.39. The lowest BCUT2D eigenvalue weighted by molar-refractivity contribution is 0.309. The Morgan fingerprint density at radius 3 is 3.05 bits per heavy atom. The van der Waals surface area contributed by atoms with Crippen molar-refractivity contribution in [2.24, 2.45) is 0 Å². The number of hydrogen-bond donors (Lipinski definition) is 2. The van der Waals surface area contributed by atoms with Gasteiger partial charge in [0.1, 0.15) is 10.7 Å². The van der Waals surface area contributed by atoms with Crippen molar-refractivity contribution in [1.29, 1.82) is 0 Å². The van der Waals surface area contributed by atoms with Crippen molar-refractivity contribution in [3.05, 3.63) is 18.3 Å². The van der Waals surface area contributed by atoms with Crippen molar-refractivity contribution in [2.45, 2.75) is 43.2 Å². The predicted molar refractivity (Wildman–Crippen MR) is 81.7 cm³/mol. The number of anilines is 1. The van der Waals surface area contributed by atoms with E-state index in [1.807, 2.05) is 6.92 Å². The van der Waals surface area contributed by atoms with Crippen LogP contribution in [0.2, 0.25) is 0 Å². The van der Waals surface area contributed by atoms with Crippen LogP contribution in [0.4, 0.5) is 5.82 Å². The normalized spacial score (nSPS) is 26.0. The van der Waals surface area contributed by atoms with Crippen LogP contribution in [0.15, 0.2) is 23.2 Å². The van der Waals surface area contributed by atoms with Gasteiger partial charge >= 0.3 is 0 Å².